The molecule has 5 amide bonds. The van der Waals surface area contributed by atoms with E-state index in [1.807, 2.05) is 14.0 Å². The topological polar surface area (TPSA) is 107 Å². The number of amides is 5. The maximum atomic E-state index is 11.7. The molecule has 2 rings (SSSR count). The monoisotopic (exact) mass is 442 g/mol. The summed E-state index contributed by atoms with van der Waals surface area (Å²) in [4.78, 5) is 61.2. The van der Waals surface area contributed by atoms with Gasteiger partial charge < -0.3 is 10.2 Å². The second-order valence-corrected chi connectivity index (χ2v) is 7.59. The Kier molecular flexibility index (Phi) is 14.6. The molecule has 0 radical (unpaired) electrons. The predicted molar refractivity (Wildman–Crippen MR) is 121 cm³/mol. The Hall–Kier alpha value is -2.29. The molecule has 31 heavy (non-hydrogen) atoms. The summed E-state index contributed by atoms with van der Waals surface area (Å²) in [6.07, 6.45) is 1.54. The minimum atomic E-state index is -0.222. The van der Waals surface area contributed by atoms with Crippen LogP contribution in [0.15, 0.2) is 0 Å². The minimum Gasteiger partial charge on any atom is -0.340 e. The quantitative estimate of drug-likeness (QED) is 0.571. The number of hydrogen-bond acceptors (Lipinski definition) is 6. The fourth-order valence-corrected chi connectivity index (χ4v) is 3.28. The van der Waals surface area contributed by atoms with Crippen molar-refractivity contribution in [2.75, 3.05) is 39.8 Å². The molecule has 0 bridgehead atoms. The third-order valence-electron chi connectivity index (χ3n) is 5.06. The Morgan fingerprint density at radius 3 is 1.71 bits per heavy atom. The van der Waals surface area contributed by atoms with Gasteiger partial charge >= 0.3 is 0 Å². The van der Waals surface area contributed by atoms with E-state index in [2.05, 4.69) is 5.32 Å². The number of nitrogens with one attached hydrogen (secondary N) is 1. The van der Waals surface area contributed by atoms with Crippen LogP contribution in [0.5, 0.6) is 0 Å². The Morgan fingerprint density at radius 1 is 0.935 bits per heavy atom. The largest absolute Gasteiger partial charge is 0.340 e. The van der Waals surface area contributed by atoms with Crippen LogP contribution in [0.1, 0.15) is 61.8 Å². The summed E-state index contributed by atoms with van der Waals surface area (Å²) in [6.45, 7) is 9.57. The van der Waals surface area contributed by atoms with Gasteiger partial charge in [0.25, 0.3) is 0 Å². The van der Waals surface area contributed by atoms with Crippen molar-refractivity contribution in [2.45, 2.75) is 61.8 Å². The van der Waals surface area contributed by atoms with Crippen LogP contribution in [-0.4, -0.2) is 84.0 Å². The zero-order valence-corrected chi connectivity index (χ0v) is 18.2. The van der Waals surface area contributed by atoms with Gasteiger partial charge in [0.05, 0.1) is 0 Å². The standard InChI is InChI=1S/C12H21N3O3.C8H13NO2.2CH4/c1-9-8-11(17)15(12(9)18)7-6-14(10(2)16)5-4-13-3;1-3-4-9-7(10)5-6(2)8(9)11;;/h9,13H,4-8H2,1-3H3;6H,3-5H2,1-2H3;2*1H4. The van der Waals surface area contributed by atoms with Crippen molar-refractivity contribution in [1.29, 1.82) is 0 Å². The average molecular weight is 443 g/mol. The van der Waals surface area contributed by atoms with Gasteiger partial charge in [0.1, 0.15) is 0 Å². The highest BCUT2D eigenvalue weighted by Crippen LogP contribution is 2.19. The Balaban J connectivity index is 0. The Labute approximate surface area is 187 Å². The van der Waals surface area contributed by atoms with Crippen LogP contribution in [0, 0.1) is 11.8 Å². The fraction of sp³-hybridized carbons (Fsp3) is 0.773. The first-order valence-corrected chi connectivity index (χ1v) is 10.2. The van der Waals surface area contributed by atoms with Gasteiger partial charge in [0.2, 0.25) is 29.5 Å². The molecule has 0 saturated carbocycles. The third-order valence-corrected chi connectivity index (χ3v) is 5.06. The minimum absolute atomic E-state index is 0. The smallest absolute Gasteiger partial charge is 0.232 e. The molecule has 2 aliphatic heterocycles. The number of likely N-dealkylation sites (tertiary alicyclic amines) is 2. The summed E-state index contributed by atoms with van der Waals surface area (Å²) < 4.78 is 0. The van der Waals surface area contributed by atoms with E-state index in [0.717, 1.165) is 6.42 Å². The van der Waals surface area contributed by atoms with Crippen LogP contribution in [0.2, 0.25) is 0 Å². The summed E-state index contributed by atoms with van der Waals surface area (Å²) in [5.74, 6) is -0.630. The van der Waals surface area contributed by atoms with Gasteiger partial charge in [-0.2, -0.15) is 0 Å². The molecule has 9 nitrogen and oxygen atoms in total. The number of rotatable bonds is 8. The van der Waals surface area contributed by atoms with Crippen LogP contribution in [0.25, 0.3) is 0 Å². The number of likely N-dealkylation sites (N-methyl/N-ethyl adjacent to an activating group) is 1. The third kappa shape index (κ3) is 8.77. The Morgan fingerprint density at radius 2 is 1.39 bits per heavy atom. The number of imide groups is 2. The molecule has 2 saturated heterocycles. The number of carbonyl (C=O) groups is 5. The molecule has 2 heterocycles. The molecule has 0 aromatic carbocycles. The van der Waals surface area contributed by atoms with Crippen molar-refractivity contribution in [3.05, 3.63) is 0 Å². The molecule has 180 valence electrons. The molecule has 0 aliphatic carbocycles. The summed E-state index contributed by atoms with van der Waals surface area (Å²) in [5, 5.41) is 2.96. The number of carbonyl (C=O) groups excluding carboxylic acids is 5. The zero-order valence-electron chi connectivity index (χ0n) is 18.2. The highest BCUT2D eigenvalue weighted by Gasteiger charge is 2.35. The van der Waals surface area contributed by atoms with E-state index < -0.39 is 0 Å². The second kappa shape index (κ2) is 14.7. The first-order valence-electron chi connectivity index (χ1n) is 10.2. The van der Waals surface area contributed by atoms with Crippen LogP contribution in [-0.2, 0) is 24.0 Å². The van der Waals surface area contributed by atoms with Gasteiger partial charge in [-0.25, -0.2) is 0 Å². The summed E-state index contributed by atoms with van der Waals surface area (Å²) in [6, 6.07) is 0. The lowest BCUT2D eigenvalue weighted by Crippen LogP contribution is -2.42. The van der Waals surface area contributed by atoms with E-state index in [1.54, 1.807) is 18.7 Å². The maximum Gasteiger partial charge on any atom is 0.232 e. The van der Waals surface area contributed by atoms with E-state index in [9.17, 15) is 24.0 Å². The van der Waals surface area contributed by atoms with Crippen LogP contribution >= 0.6 is 0 Å². The van der Waals surface area contributed by atoms with Gasteiger partial charge in [-0.15, -0.1) is 0 Å². The van der Waals surface area contributed by atoms with Gasteiger partial charge in [-0.3, -0.25) is 33.8 Å². The zero-order chi connectivity index (χ0) is 22.1. The molecule has 2 unspecified atom stereocenters. The molecule has 0 spiro atoms. The highest BCUT2D eigenvalue weighted by atomic mass is 16.2. The van der Waals surface area contributed by atoms with Crippen molar-refractivity contribution in [3.8, 4) is 0 Å². The van der Waals surface area contributed by atoms with Crippen LogP contribution < -0.4 is 5.32 Å². The summed E-state index contributed by atoms with van der Waals surface area (Å²) >= 11 is 0. The molecule has 0 aromatic rings. The average Bonchev–Trinajstić information content (AvgIpc) is 3.04. The molecule has 2 atom stereocenters. The molecular formula is C22H42N4O5. The fourth-order valence-electron chi connectivity index (χ4n) is 3.28. The van der Waals surface area contributed by atoms with Crippen molar-refractivity contribution in [2.24, 2.45) is 11.8 Å². The van der Waals surface area contributed by atoms with E-state index in [-0.39, 0.29) is 62.6 Å². The molecule has 9 heteroatoms. The van der Waals surface area contributed by atoms with E-state index in [4.69, 9.17) is 0 Å². The van der Waals surface area contributed by atoms with Crippen molar-refractivity contribution >= 4 is 29.5 Å². The van der Waals surface area contributed by atoms with E-state index in [0.29, 0.717) is 39.1 Å². The van der Waals surface area contributed by atoms with Gasteiger partial charge in [0, 0.05) is 64.3 Å². The van der Waals surface area contributed by atoms with E-state index >= 15 is 0 Å². The van der Waals surface area contributed by atoms with Crippen LogP contribution in [0.4, 0.5) is 0 Å². The first kappa shape index (κ1) is 30.9. The molecule has 2 aliphatic rings. The van der Waals surface area contributed by atoms with Crippen molar-refractivity contribution in [3.63, 3.8) is 0 Å². The van der Waals surface area contributed by atoms with Crippen LogP contribution in [0.3, 0.4) is 0 Å². The lowest BCUT2D eigenvalue weighted by molar-refractivity contribution is -0.141. The van der Waals surface area contributed by atoms with E-state index in [1.165, 1.54) is 16.7 Å². The molecule has 0 aromatic heterocycles. The molecule has 2 fully saturated rings. The first-order chi connectivity index (χ1) is 13.6. The SMILES string of the molecule is C.C.CCCN1C(=O)CC(C)C1=O.CNCCN(CCN1C(=O)CC(C)C1=O)C(C)=O. The highest BCUT2D eigenvalue weighted by molar-refractivity contribution is 6.03. The van der Waals surface area contributed by atoms with Crippen molar-refractivity contribution in [1.82, 2.24) is 20.0 Å². The normalized spacial score (nSPS) is 20.2. The number of nitrogens with zero attached hydrogens (tertiary/aromatic N) is 3. The van der Waals surface area contributed by atoms with Gasteiger partial charge in [0.15, 0.2) is 0 Å². The lowest BCUT2D eigenvalue weighted by atomic mass is 10.1. The number of hydrogen-bond donors (Lipinski definition) is 1. The van der Waals surface area contributed by atoms with Crippen molar-refractivity contribution < 1.29 is 24.0 Å². The predicted octanol–water partition coefficient (Wildman–Crippen LogP) is 1.51. The maximum absolute atomic E-state index is 11.7. The molecular weight excluding hydrogens is 400 g/mol. The van der Waals surface area contributed by atoms with Gasteiger partial charge in [-0.1, -0.05) is 35.6 Å². The second-order valence-electron chi connectivity index (χ2n) is 7.59. The molecule has 1 N–H and O–H groups in total. The van der Waals surface area contributed by atoms with Gasteiger partial charge in [-0.05, 0) is 13.5 Å². The summed E-state index contributed by atoms with van der Waals surface area (Å²) in [7, 11) is 1.81. The Bertz CT molecular complexity index is 637. The summed E-state index contributed by atoms with van der Waals surface area (Å²) in [5.41, 5.74) is 0. The lowest BCUT2D eigenvalue weighted by Gasteiger charge is -2.23.